The van der Waals surface area contributed by atoms with Crippen LogP contribution in [0.3, 0.4) is 0 Å². The summed E-state index contributed by atoms with van der Waals surface area (Å²) in [6, 6.07) is 86.2. The monoisotopic (exact) mass is 888 g/mol. The zero-order chi connectivity index (χ0) is 45.4. The number of nitrogens with two attached hydrogens (primary N) is 1. The Balaban J connectivity index is 1.07. The summed E-state index contributed by atoms with van der Waals surface area (Å²) in [6.45, 7) is 0.438. The Kier molecular flexibility index (Phi) is 10.6. The first-order chi connectivity index (χ1) is 33.6. The van der Waals surface area contributed by atoms with Crippen LogP contribution >= 0.6 is 11.3 Å². The molecule has 0 aliphatic rings. The maximum absolute atomic E-state index is 6.93. The first-order valence-corrected chi connectivity index (χ1v) is 23.8. The molecular formula is C63H44N4S. The highest BCUT2D eigenvalue weighted by Gasteiger charge is 2.20. The van der Waals surface area contributed by atoms with Gasteiger partial charge in [-0.05, 0) is 98.6 Å². The Hall–Kier alpha value is -8.64. The third-order valence-electron chi connectivity index (χ3n) is 12.9. The van der Waals surface area contributed by atoms with E-state index < -0.39 is 0 Å². The fourth-order valence-corrected chi connectivity index (χ4v) is 10.8. The maximum atomic E-state index is 6.93. The quantitative estimate of drug-likeness (QED) is 0.114. The molecule has 0 amide bonds. The summed E-state index contributed by atoms with van der Waals surface area (Å²) in [5.41, 5.74) is 22.2. The molecule has 5 heteroatoms. The van der Waals surface area contributed by atoms with Crippen molar-refractivity contribution in [3.63, 3.8) is 0 Å². The molecule has 10 aromatic carbocycles. The highest BCUT2D eigenvalue weighted by molar-refractivity contribution is 7.26. The van der Waals surface area contributed by atoms with Gasteiger partial charge in [-0.15, -0.1) is 11.3 Å². The van der Waals surface area contributed by atoms with Crippen molar-refractivity contribution in [3.8, 4) is 50.2 Å². The molecule has 322 valence electrons. The molecule has 0 radical (unpaired) electrons. The molecule has 0 spiro atoms. The van der Waals surface area contributed by atoms with Crippen LogP contribution in [0.5, 0.6) is 0 Å². The molecule has 2 aromatic heterocycles. The van der Waals surface area contributed by atoms with E-state index in [4.69, 9.17) is 15.7 Å². The van der Waals surface area contributed by atoms with Crippen molar-refractivity contribution >= 4 is 65.0 Å². The van der Waals surface area contributed by atoms with Gasteiger partial charge in [0.25, 0.3) is 0 Å². The molecule has 12 rings (SSSR count). The van der Waals surface area contributed by atoms with Gasteiger partial charge < -0.3 is 10.3 Å². The zero-order valence-corrected chi connectivity index (χ0v) is 37.9. The minimum absolute atomic E-state index is 0.406. The lowest BCUT2D eigenvalue weighted by Gasteiger charge is -2.17. The second-order valence-electron chi connectivity index (χ2n) is 17.1. The number of aromatic nitrogens is 1. The second-order valence-corrected chi connectivity index (χ2v) is 18.2. The van der Waals surface area contributed by atoms with E-state index in [0.717, 1.165) is 66.9 Å². The van der Waals surface area contributed by atoms with E-state index in [1.54, 1.807) is 0 Å². The van der Waals surface area contributed by atoms with E-state index in [9.17, 15) is 0 Å². The summed E-state index contributed by atoms with van der Waals surface area (Å²) >= 11 is 1.84. The van der Waals surface area contributed by atoms with Gasteiger partial charge in [0.15, 0.2) is 5.84 Å². The molecule has 0 atom stereocenters. The van der Waals surface area contributed by atoms with Gasteiger partial charge in [-0.3, -0.25) is 4.99 Å². The summed E-state index contributed by atoms with van der Waals surface area (Å²) in [5.74, 6) is 0.976. The number of aliphatic imine (C=N–C) groups is 2. The number of benzene rings is 10. The van der Waals surface area contributed by atoms with E-state index in [0.29, 0.717) is 18.2 Å². The Bertz CT molecular complexity index is 3850. The first-order valence-electron chi connectivity index (χ1n) is 23.0. The number of amidine groups is 2. The average Bonchev–Trinajstić information content (AvgIpc) is 3.94. The van der Waals surface area contributed by atoms with Crippen molar-refractivity contribution in [2.45, 2.75) is 6.54 Å². The minimum atomic E-state index is 0.406. The van der Waals surface area contributed by atoms with E-state index in [-0.39, 0.29) is 0 Å². The van der Waals surface area contributed by atoms with Crippen molar-refractivity contribution in [1.82, 2.24) is 4.57 Å². The molecular weight excluding hydrogens is 845 g/mol. The standard InChI is InChI=1S/C63H44N4S/c64-62(45-24-12-4-13-25-45)66-63(65-41-42-18-6-1-7-19-42)57-37-47(54-36-46(43-20-8-2-9-21-43)30-33-50(54)44-22-10-3-11-23-44)31-34-51(57)48-32-35-53-56-39-55-52-28-16-17-29-58(52)67(49-26-14-5-15-27-49)59(55)40-61(56)68-60(53)38-48/h1-40H,41H2,(H2,64,65,66). The van der Waals surface area contributed by atoms with Crippen LogP contribution in [-0.4, -0.2) is 16.2 Å². The lowest BCUT2D eigenvalue weighted by atomic mass is 9.88. The summed E-state index contributed by atoms with van der Waals surface area (Å²) in [6.07, 6.45) is 0. The largest absolute Gasteiger partial charge is 0.383 e. The van der Waals surface area contributed by atoms with Crippen LogP contribution in [0.4, 0.5) is 0 Å². The van der Waals surface area contributed by atoms with Gasteiger partial charge in [-0.25, -0.2) is 4.99 Å². The predicted octanol–water partition coefficient (Wildman–Crippen LogP) is 16.2. The molecule has 12 aromatic rings. The van der Waals surface area contributed by atoms with Crippen LogP contribution in [-0.2, 0) is 6.54 Å². The number of hydrogen-bond donors (Lipinski definition) is 1. The number of thiophene rings is 1. The number of para-hydroxylation sites is 2. The molecule has 2 heterocycles. The molecule has 0 aliphatic carbocycles. The lowest BCUT2D eigenvalue weighted by Crippen LogP contribution is -2.17. The molecule has 0 saturated carbocycles. The van der Waals surface area contributed by atoms with Crippen LogP contribution in [0.2, 0.25) is 0 Å². The average molecular weight is 889 g/mol. The minimum Gasteiger partial charge on any atom is -0.383 e. The van der Waals surface area contributed by atoms with Crippen molar-refractivity contribution in [1.29, 1.82) is 0 Å². The normalized spacial score (nSPS) is 12.1. The van der Waals surface area contributed by atoms with Crippen LogP contribution in [0.25, 0.3) is 92.2 Å². The Morgan fingerprint density at radius 3 is 1.78 bits per heavy atom. The van der Waals surface area contributed by atoms with E-state index in [1.165, 1.54) is 42.0 Å². The zero-order valence-electron chi connectivity index (χ0n) is 37.1. The fourth-order valence-electron chi connectivity index (χ4n) is 9.59. The molecule has 0 unspecified atom stereocenters. The third kappa shape index (κ3) is 7.65. The Labute approximate surface area is 399 Å². The second kappa shape index (κ2) is 17.6. The molecule has 0 fully saturated rings. The topological polar surface area (TPSA) is 55.7 Å². The van der Waals surface area contributed by atoms with Crippen LogP contribution in [0.1, 0.15) is 16.7 Å². The number of fused-ring (bicyclic) bond motifs is 6. The van der Waals surface area contributed by atoms with E-state index >= 15 is 0 Å². The third-order valence-corrected chi connectivity index (χ3v) is 14.0. The summed E-state index contributed by atoms with van der Waals surface area (Å²) in [4.78, 5) is 10.6. The van der Waals surface area contributed by atoms with Crippen LogP contribution in [0, 0.1) is 0 Å². The van der Waals surface area contributed by atoms with Gasteiger partial charge in [0.05, 0.1) is 17.6 Å². The van der Waals surface area contributed by atoms with Gasteiger partial charge in [0.1, 0.15) is 5.84 Å². The number of hydrogen-bond acceptors (Lipinski definition) is 2. The highest BCUT2D eigenvalue weighted by atomic mass is 32.1. The van der Waals surface area contributed by atoms with Crippen LogP contribution in [0.15, 0.2) is 253 Å². The molecule has 68 heavy (non-hydrogen) atoms. The smallest absolute Gasteiger partial charge is 0.157 e. The van der Waals surface area contributed by atoms with Crippen molar-refractivity contribution in [2.24, 2.45) is 15.7 Å². The van der Waals surface area contributed by atoms with Gasteiger partial charge >= 0.3 is 0 Å². The van der Waals surface area contributed by atoms with Gasteiger partial charge in [0.2, 0.25) is 0 Å². The molecule has 0 bridgehead atoms. The van der Waals surface area contributed by atoms with Gasteiger partial charge in [-0.1, -0.05) is 194 Å². The number of nitrogens with zero attached hydrogens (tertiary/aromatic N) is 3. The SMILES string of the molecule is NC(=NC(=NCc1ccccc1)c1cc(-c2cc(-c3ccccc3)ccc2-c2ccccc2)ccc1-c1ccc2c(c1)sc1cc3c(cc12)c1ccccc1n3-c1ccccc1)c1ccccc1. The summed E-state index contributed by atoms with van der Waals surface area (Å²) < 4.78 is 4.86. The van der Waals surface area contributed by atoms with E-state index in [2.05, 4.69) is 211 Å². The highest BCUT2D eigenvalue weighted by Crippen LogP contribution is 2.43. The maximum Gasteiger partial charge on any atom is 0.157 e. The fraction of sp³-hybridized carbons (Fsp3) is 0.0159. The Morgan fingerprint density at radius 1 is 0.412 bits per heavy atom. The molecule has 2 N–H and O–H groups in total. The predicted molar refractivity (Wildman–Crippen MR) is 289 cm³/mol. The van der Waals surface area contributed by atoms with Crippen molar-refractivity contribution in [2.75, 3.05) is 0 Å². The molecule has 0 saturated heterocycles. The Morgan fingerprint density at radius 2 is 1.01 bits per heavy atom. The number of rotatable bonds is 9. The first kappa shape index (κ1) is 40.8. The summed E-state index contributed by atoms with van der Waals surface area (Å²) in [5, 5.41) is 4.99. The van der Waals surface area contributed by atoms with Crippen LogP contribution < -0.4 is 5.73 Å². The van der Waals surface area contributed by atoms with Gasteiger partial charge in [0, 0.05) is 47.8 Å². The van der Waals surface area contributed by atoms with Crippen molar-refractivity contribution < 1.29 is 0 Å². The van der Waals surface area contributed by atoms with Gasteiger partial charge in [-0.2, -0.15) is 0 Å². The molecule has 0 aliphatic heterocycles. The molecule has 4 nitrogen and oxygen atoms in total. The van der Waals surface area contributed by atoms with E-state index in [1.807, 2.05) is 47.7 Å². The lowest BCUT2D eigenvalue weighted by molar-refractivity contribution is 1.06. The van der Waals surface area contributed by atoms with Crippen molar-refractivity contribution in [3.05, 3.63) is 259 Å². The summed E-state index contributed by atoms with van der Waals surface area (Å²) in [7, 11) is 0.